The molecular formula is C23H26N8O4S2. The summed E-state index contributed by atoms with van der Waals surface area (Å²) in [7, 11) is 1.65. The Kier molecular flexibility index (Phi) is 6.88. The molecule has 194 valence electrons. The first-order valence-electron chi connectivity index (χ1n) is 11.6. The number of nitrogens with one attached hydrogen (secondary N) is 2. The van der Waals surface area contributed by atoms with Gasteiger partial charge in [0.2, 0.25) is 11.9 Å². The molecule has 2 unspecified atom stereocenters. The molecule has 14 heteroatoms. The summed E-state index contributed by atoms with van der Waals surface area (Å²) in [6, 6.07) is -0.179. The quantitative estimate of drug-likeness (QED) is 0.297. The number of thiazole rings is 1. The Balaban J connectivity index is 1.34. The standard InChI is InChI=1S/C23H26N8O4S2/c1-5-35-21(33)15-8-26-23(37-15)28-19(32)14-6-12-16-18(27-22(24)29-20(16)36-14)31(30-12)9-13-11(3)17(34-4)10(2)7-25-13/h7-8,12,14,30H,5-6,9H2,1-4H3,(H2,24,27,29)(H,26,28,32). The van der Waals surface area contributed by atoms with Crippen LogP contribution in [-0.4, -0.2) is 50.8 Å². The van der Waals surface area contributed by atoms with Crippen LogP contribution < -0.4 is 26.2 Å². The SMILES string of the molecule is CCOC(=O)c1cnc(NC(=O)C2CC3NN(Cc4ncc(C)c(OC)c4C)c4nc(N)nc(c43)S2)s1. The van der Waals surface area contributed by atoms with Crippen LogP contribution in [0.5, 0.6) is 5.75 Å². The van der Waals surface area contributed by atoms with Crippen molar-refractivity contribution in [1.82, 2.24) is 25.4 Å². The number of aromatic nitrogens is 4. The molecule has 1 amide bonds. The van der Waals surface area contributed by atoms with Gasteiger partial charge >= 0.3 is 5.97 Å². The molecule has 0 saturated heterocycles. The molecule has 0 fully saturated rings. The molecule has 0 aliphatic carbocycles. The number of nitrogens with zero attached hydrogens (tertiary/aromatic N) is 5. The Bertz CT molecular complexity index is 1380. The van der Waals surface area contributed by atoms with E-state index >= 15 is 0 Å². The van der Waals surface area contributed by atoms with E-state index < -0.39 is 11.2 Å². The number of carbonyl (C=O) groups is 2. The molecule has 2 aliphatic heterocycles. The van der Waals surface area contributed by atoms with E-state index in [0.29, 0.717) is 33.8 Å². The fourth-order valence-electron chi connectivity index (χ4n) is 4.41. The molecular weight excluding hydrogens is 516 g/mol. The molecule has 0 aromatic carbocycles. The molecule has 3 aromatic heterocycles. The number of ether oxygens (including phenoxy) is 2. The molecule has 5 heterocycles. The van der Waals surface area contributed by atoms with Crippen molar-refractivity contribution in [3.05, 3.63) is 39.7 Å². The van der Waals surface area contributed by atoms with Gasteiger partial charge in [-0.3, -0.25) is 14.8 Å². The van der Waals surface area contributed by atoms with Crippen molar-refractivity contribution in [3.8, 4) is 5.75 Å². The third-order valence-corrected chi connectivity index (χ3v) is 8.21. The fourth-order valence-corrected chi connectivity index (χ4v) is 6.36. The van der Waals surface area contributed by atoms with Crippen LogP contribution in [-0.2, 0) is 16.1 Å². The van der Waals surface area contributed by atoms with Crippen LogP contribution in [0.25, 0.3) is 0 Å². The highest BCUT2D eigenvalue weighted by Crippen LogP contribution is 2.47. The molecule has 2 atom stereocenters. The number of esters is 1. The predicted octanol–water partition coefficient (Wildman–Crippen LogP) is 2.78. The lowest BCUT2D eigenvalue weighted by Gasteiger charge is -2.26. The summed E-state index contributed by atoms with van der Waals surface area (Å²) in [5, 5.41) is 5.25. The van der Waals surface area contributed by atoms with E-state index in [4.69, 9.17) is 15.2 Å². The van der Waals surface area contributed by atoms with Crippen molar-refractivity contribution in [3.63, 3.8) is 0 Å². The van der Waals surface area contributed by atoms with Crippen LogP contribution in [0, 0.1) is 13.8 Å². The molecule has 0 radical (unpaired) electrons. The zero-order chi connectivity index (χ0) is 26.3. The van der Waals surface area contributed by atoms with Crippen molar-refractivity contribution in [2.24, 2.45) is 0 Å². The van der Waals surface area contributed by atoms with E-state index in [0.717, 1.165) is 39.5 Å². The zero-order valence-corrected chi connectivity index (χ0v) is 22.3. The van der Waals surface area contributed by atoms with Gasteiger partial charge in [0, 0.05) is 22.9 Å². The summed E-state index contributed by atoms with van der Waals surface area (Å²) in [5.41, 5.74) is 13.2. The second-order valence-electron chi connectivity index (χ2n) is 8.52. The minimum Gasteiger partial charge on any atom is -0.496 e. The van der Waals surface area contributed by atoms with Crippen molar-refractivity contribution in [2.45, 2.75) is 50.1 Å². The number of anilines is 3. The lowest BCUT2D eigenvalue weighted by molar-refractivity contribution is -0.116. The van der Waals surface area contributed by atoms with E-state index in [2.05, 4.69) is 30.7 Å². The maximum atomic E-state index is 13.1. The Hall–Kier alpha value is -3.49. The Morgan fingerprint density at radius 1 is 1.27 bits per heavy atom. The molecule has 3 aromatic rings. The molecule has 12 nitrogen and oxygen atoms in total. The zero-order valence-electron chi connectivity index (χ0n) is 20.7. The number of hydrogen-bond acceptors (Lipinski definition) is 13. The Morgan fingerprint density at radius 2 is 2.08 bits per heavy atom. The van der Waals surface area contributed by atoms with Crippen LogP contribution in [0.1, 0.15) is 51.4 Å². The van der Waals surface area contributed by atoms with Crippen molar-refractivity contribution in [1.29, 1.82) is 0 Å². The van der Waals surface area contributed by atoms with Gasteiger partial charge < -0.3 is 20.5 Å². The maximum Gasteiger partial charge on any atom is 0.350 e. The number of thioether (sulfide) groups is 1. The van der Waals surface area contributed by atoms with Crippen LogP contribution in [0.3, 0.4) is 0 Å². The smallest absolute Gasteiger partial charge is 0.350 e. The lowest BCUT2D eigenvalue weighted by atomic mass is 10.0. The molecule has 37 heavy (non-hydrogen) atoms. The van der Waals surface area contributed by atoms with Gasteiger partial charge in [-0.05, 0) is 27.2 Å². The van der Waals surface area contributed by atoms with E-state index in [1.165, 1.54) is 18.0 Å². The van der Waals surface area contributed by atoms with Crippen LogP contribution in [0.4, 0.5) is 16.9 Å². The normalized spacial score (nSPS) is 17.9. The highest BCUT2D eigenvalue weighted by atomic mass is 32.2. The van der Waals surface area contributed by atoms with Gasteiger partial charge in [0.05, 0.1) is 43.4 Å². The van der Waals surface area contributed by atoms with Crippen LogP contribution >= 0.6 is 23.1 Å². The summed E-state index contributed by atoms with van der Waals surface area (Å²) in [6.45, 7) is 6.36. The highest BCUT2D eigenvalue weighted by Gasteiger charge is 2.42. The summed E-state index contributed by atoms with van der Waals surface area (Å²) >= 11 is 2.41. The van der Waals surface area contributed by atoms with E-state index in [9.17, 15) is 9.59 Å². The number of aryl methyl sites for hydroxylation is 1. The van der Waals surface area contributed by atoms with Crippen molar-refractivity contribution >= 4 is 51.9 Å². The number of carbonyl (C=O) groups excluding carboxylic acids is 2. The predicted molar refractivity (Wildman–Crippen MR) is 140 cm³/mol. The van der Waals surface area contributed by atoms with Gasteiger partial charge in [-0.25, -0.2) is 20.2 Å². The number of rotatable bonds is 7. The topological polar surface area (TPSA) is 157 Å². The highest BCUT2D eigenvalue weighted by molar-refractivity contribution is 8.00. The largest absolute Gasteiger partial charge is 0.496 e. The molecule has 5 rings (SSSR count). The number of hydrogen-bond donors (Lipinski definition) is 3. The number of pyridine rings is 1. The summed E-state index contributed by atoms with van der Waals surface area (Å²) in [4.78, 5) is 43.0. The van der Waals surface area contributed by atoms with Gasteiger partial charge in [-0.15, -0.1) is 0 Å². The monoisotopic (exact) mass is 542 g/mol. The van der Waals surface area contributed by atoms with Crippen LogP contribution in [0.2, 0.25) is 0 Å². The average molecular weight is 543 g/mol. The number of nitrogens with two attached hydrogens (primary N) is 1. The first-order valence-corrected chi connectivity index (χ1v) is 13.3. The molecule has 2 aliphatic rings. The minimum atomic E-state index is -0.465. The van der Waals surface area contributed by atoms with Crippen LogP contribution in [0.15, 0.2) is 17.4 Å². The van der Waals surface area contributed by atoms with E-state index in [1.54, 1.807) is 20.2 Å². The van der Waals surface area contributed by atoms with Gasteiger partial charge in [0.1, 0.15) is 15.7 Å². The van der Waals surface area contributed by atoms with Gasteiger partial charge in [0.25, 0.3) is 0 Å². The Morgan fingerprint density at radius 3 is 2.84 bits per heavy atom. The maximum absolute atomic E-state index is 13.1. The molecule has 0 spiro atoms. The van der Waals surface area contributed by atoms with Crippen molar-refractivity contribution in [2.75, 3.05) is 29.8 Å². The first kappa shape index (κ1) is 25.2. The third-order valence-electron chi connectivity index (χ3n) is 6.09. The summed E-state index contributed by atoms with van der Waals surface area (Å²) in [6.07, 6.45) is 3.68. The Labute approximate surface area is 221 Å². The second-order valence-corrected chi connectivity index (χ2v) is 10.7. The first-order chi connectivity index (χ1) is 17.8. The van der Waals surface area contributed by atoms with E-state index in [-0.39, 0.29) is 24.5 Å². The van der Waals surface area contributed by atoms with Gasteiger partial charge in [-0.1, -0.05) is 23.1 Å². The van der Waals surface area contributed by atoms with E-state index in [1.807, 2.05) is 18.9 Å². The number of hydrazine groups is 1. The number of amides is 1. The minimum absolute atomic E-state index is 0.125. The van der Waals surface area contributed by atoms with Crippen molar-refractivity contribution < 1.29 is 19.1 Å². The second kappa shape index (κ2) is 10.1. The molecule has 0 bridgehead atoms. The summed E-state index contributed by atoms with van der Waals surface area (Å²) in [5.74, 6) is 0.903. The fraction of sp³-hybridized carbons (Fsp3) is 0.391. The number of nitrogen functional groups attached to an aromatic ring is 1. The summed E-state index contributed by atoms with van der Waals surface area (Å²) < 4.78 is 10.5. The third kappa shape index (κ3) is 4.79. The molecule has 4 N–H and O–H groups in total. The van der Waals surface area contributed by atoms with Gasteiger partial charge in [0.15, 0.2) is 10.9 Å². The van der Waals surface area contributed by atoms with Gasteiger partial charge in [-0.2, -0.15) is 4.98 Å². The lowest BCUT2D eigenvalue weighted by Crippen LogP contribution is -2.38. The number of methoxy groups -OCH3 is 1. The average Bonchev–Trinajstić information content (AvgIpc) is 3.46. The molecule has 0 saturated carbocycles.